The Bertz CT molecular complexity index is 634. The highest BCUT2D eigenvalue weighted by molar-refractivity contribution is 7.99. The zero-order valence-corrected chi connectivity index (χ0v) is 14.5. The SMILES string of the molecule is Cc1ccc(C(O)CNC(=O)Cc2ccc(SC(C)C)cc2)o1. The van der Waals surface area contributed by atoms with Crippen LogP contribution in [-0.4, -0.2) is 22.8 Å². The Balaban J connectivity index is 1.80. The van der Waals surface area contributed by atoms with Gasteiger partial charge in [-0.15, -0.1) is 11.8 Å². The van der Waals surface area contributed by atoms with Crippen LogP contribution in [0.5, 0.6) is 0 Å². The molecule has 0 spiro atoms. The van der Waals surface area contributed by atoms with E-state index in [1.807, 2.05) is 31.2 Å². The van der Waals surface area contributed by atoms with Gasteiger partial charge in [-0.25, -0.2) is 0 Å². The lowest BCUT2D eigenvalue weighted by molar-refractivity contribution is -0.120. The molecule has 0 saturated heterocycles. The van der Waals surface area contributed by atoms with Gasteiger partial charge < -0.3 is 14.8 Å². The quantitative estimate of drug-likeness (QED) is 0.762. The van der Waals surface area contributed by atoms with Gasteiger partial charge in [0.1, 0.15) is 17.6 Å². The molecule has 5 heteroatoms. The molecule has 0 radical (unpaired) electrons. The molecule has 0 fully saturated rings. The van der Waals surface area contributed by atoms with Crippen LogP contribution in [0.3, 0.4) is 0 Å². The average Bonchev–Trinajstić information content (AvgIpc) is 2.93. The van der Waals surface area contributed by atoms with Crippen LogP contribution in [0.4, 0.5) is 0 Å². The molecule has 2 rings (SSSR count). The lowest BCUT2D eigenvalue weighted by Crippen LogP contribution is -2.29. The number of carbonyl (C=O) groups is 1. The number of carbonyl (C=O) groups excluding carboxylic acids is 1. The second-order valence-electron chi connectivity index (χ2n) is 5.76. The van der Waals surface area contributed by atoms with Gasteiger partial charge in [-0.1, -0.05) is 26.0 Å². The van der Waals surface area contributed by atoms with Crippen molar-refractivity contribution in [1.29, 1.82) is 0 Å². The van der Waals surface area contributed by atoms with Gasteiger partial charge in [0.15, 0.2) is 0 Å². The van der Waals surface area contributed by atoms with Gasteiger partial charge in [-0.05, 0) is 36.8 Å². The number of benzene rings is 1. The van der Waals surface area contributed by atoms with Crippen molar-refractivity contribution in [3.8, 4) is 0 Å². The van der Waals surface area contributed by atoms with Gasteiger partial charge in [0, 0.05) is 10.1 Å². The van der Waals surface area contributed by atoms with Crippen LogP contribution in [0.15, 0.2) is 45.7 Å². The van der Waals surface area contributed by atoms with E-state index in [0.29, 0.717) is 17.4 Å². The summed E-state index contributed by atoms with van der Waals surface area (Å²) >= 11 is 1.80. The maximum atomic E-state index is 12.0. The van der Waals surface area contributed by atoms with Crippen LogP contribution in [0.1, 0.15) is 37.0 Å². The molecule has 0 aliphatic rings. The predicted octanol–water partition coefficient (Wildman–Crippen LogP) is 3.48. The molecule has 23 heavy (non-hydrogen) atoms. The molecule has 1 amide bonds. The monoisotopic (exact) mass is 333 g/mol. The molecule has 2 aromatic rings. The summed E-state index contributed by atoms with van der Waals surface area (Å²) in [4.78, 5) is 13.2. The molecule has 0 aliphatic heterocycles. The largest absolute Gasteiger partial charge is 0.464 e. The van der Waals surface area contributed by atoms with Gasteiger partial charge in [0.25, 0.3) is 0 Å². The highest BCUT2D eigenvalue weighted by Crippen LogP contribution is 2.23. The van der Waals surface area contributed by atoms with Crippen LogP contribution >= 0.6 is 11.8 Å². The lowest BCUT2D eigenvalue weighted by Gasteiger charge is -2.10. The normalized spacial score (nSPS) is 12.4. The van der Waals surface area contributed by atoms with Crippen LogP contribution in [-0.2, 0) is 11.2 Å². The number of hydrogen-bond donors (Lipinski definition) is 2. The van der Waals surface area contributed by atoms with Gasteiger partial charge in [0.2, 0.25) is 5.91 Å². The van der Waals surface area contributed by atoms with E-state index in [2.05, 4.69) is 19.2 Å². The molecular weight excluding hydrogens is 310 g/mol. The fraction of sp³-hybridized carbons (Fsp3) is 0.389. The minimum atomic E-state index is -0.822. The summed E-state index contributed by atoms with van der Waals surface area (Å²) in [6.45, 7) is 6.26. The van der Waals surface area contributed by atoms with E-state index in [1.165, 1.54) is 4.90 Å². The first-order chi connectivity index (χ1) is 10.9. The average molecular weight is 333 g/mol. The number of rotatable bonds is 7. The lowest BCUT2D eigenvalue weighted by atomic mass is 10.1. The summed E-state index contributed by atoms with van der Waals surface area (Å²) in [5.41, 5.74) is 0.957. The Kier molecular flexibility index (Phi) is 6.30. The number of hydrogen-bond acceptors (Lipinski definition) is 4. The number of furan rings is 1. The van der Waals surface area contributed by atoms with Crippen molar-refractivity contribution < 1.29 is 14.3 Å². The molecule has 2 N–H and O–H groups in total. The number of nitrogens with one attached hydrogen (secondary N) is 1. The fourth-order valence-corrected chi connectivity index (χ4v) is 2.99. The van der Waals surface area contributed by atoms with Gasteiger partial charge in [-0.2, -0.15) is 0 Å². The highest BCUT2D eigenvalue weighted by Gasteiger charge is 2.13. The number of aliphatic hydroxyl groups is 1. The molecule has 0 saturated carbocycles. The molecule has 1 atom stereocenters. The molecule has 0 bridgehead atoms. The van der Waals surface area contributed by atoms with Crippen molar-refractivity contribution in [2.24, 2.45) is 0 Å². The van der Waals surface area contributed by atoms with Crippen molar-refractivity contribution in [3.63, 3.8) is 0 Å². The summed E-state index contributed by atoms with van der Waals surface area (Å²) in [5.74, 6) is 1.10. The third-order valence-corrected chi connectivity index (χ3v) is 4.26. The Hall–Kier alpha value is -1.72. The summed E-state index contributed by atoms with van der Waals surface area (Å²) in [6, 6.07) is 11.5. The molecule has 1 aromatic carbocycles. The minimum absolute atomic E-state index is 0.114. The number of aryl methyl sites for hydroxylation is 1. The Morgan fingerprint density at radius 3 is 2.48 bits per heavy atom. The van der Waals surface area contributed by atoms with E-state index < -0.39 is 6.10 Å². The second kappa shape index (κ2) is 8.22. The molecule has 1 heterocycles. The first-order valence-electron chi connectivity index (χ1n) is 7.70. The topological polar surface area (TPSA) is 62.5 Å². The van der Waals surface area contributed by atoms with Crippen molar-refractivity contribution in [2.75, 3.05) is 6.54 Å². The van der Waals surface area contributed by atoms with E-state index in [1.54, 1.807) is 23.9 Å². The Morgan fingerprint density at radius 1 is 1.22 bits per heavy atom. The molecule has 1 aromatic heterocycles. The van der Waals surface area contributed by atoms with E-state index in [4.69, 9.17) is 4.42 Å². The molecule has 1 unspecified atom stereocenters. The van der Waals surface area contributed by atoms with Crippen LogP contribution in [0.2, 0.25) is 0 Å². The zero-order valence-electron chi connectivity index (χ0n) is 13.7. The number of thioether (sulfide) groups is 1. The maximum absolute atomic E-state index is 12.0. The van der Waals surface area contributed by atoms with E-state index in [0.717, 1.165) is 11.3 Å². The Labute approximate surface area is 141 Å². The third kappa shape index (κ3) is 5.77. The summed E-state index contributed by atoms with van der Waals surface area (Å²) in [5, 5.41) is 13.2. The summed E-state index contributed by atoms with van der Waals surface area (Å²) in [7, 11) is 0. The van der Waals surface area contributed by atoms with Crippen molar-refractivity contribution in [1.82, 2.24) is 5.32 Å². The first kappa shape index (κ1) is 17.6. The van der Waals surface area contributed by atoms with Gasteiger partial charge in [0.05, 0.1) is 13.0 Å². The summed E-state index contributed by atoms with van der Waals surface area (Å²) in [6.07, 6.45) is -0.520. The zero-order chi connectivity index (χ0) is 16.8. The number of aliphatic hydroxyl groups excluding tert-OH is 1. The molecule has 4 nitrogen and oxygen atoms in total. The van der Waals surface area contributed by atoms with Crippen molar-refractivity contribution in [3.05, 3.63) is 53.5 Å². The van der Waals surface area contributed by atoms with Crippen LogP contribution in [0.25, 0.3) is 0 Å². The van der Waals surface area contributed by atoms with Crippen molar-refractivity contribution >= 4 is 17.7 Å². The van der Waals surface area contributed by atoms with Crippen LogP contribution < -0.4 is 5.32 Å². The predicted molar refractivity (Wildman–Crippen MR) is 92.6 cm³/mol. The minimum Gasteiger partial charge on any atom is -0.464 e. The summed E-state index contributed by atoms with van der Waals surface area (Å²) < 4.78 is 5.34. The molecule has 124 valence electrons. The smallest absolute Gasteiger partial charge is 0.224 e. The van der Waals surface area contributed by atoms with Crippen LogP contribution in [0, 0.1) is 6.92 Å². The van der Waals surface area contributed by atoms with Gasteiger partial charge >= 0.3 is 0 Å². The van der Waals surface area contributed by atoms with Crippen molar-refractivity contribution in [2.45, 2.75) is 43.4 Å². The molecule has 0 aliphatic carbocycles. The third-order valence-electron chi connectivity index (χ3n) is 3.24. The fourth-order valence-electron chi connectivity index (χ4n) is 2.15. The highest BCUT2D eigenvalue weighted by atomic mass is 32.2. The first-order valence-corrected chi connectivity index (χ1v) is 8.58. The van der Waals surface area contributed by atoms with Gasteiger partial charge in [-0.3, -0.25) is 4.79 Å². The standard InChI is InChI=1S/C18H23NO3S/c1-12(2)23-15-7-5-14(6-8-15)10-18(21)19-11-16(20)17-9-4-13(3)22-17/h4-9,12,16,20H,10-11H2,1-3H3,(H,19,21). The van der Waals surface area contributed by atoms with E-state index >= 15 is 0 Å². The molecular formula is C18H23NO3S. The van der Waals surface area contributed by atoms with E-state index in [-0.39, 0.29) is 12.5 Å². The number of amides is 1. The second-order valence-corrected chi connectivity index (χ2v) is 7.41. The van der Waals surface area contributed by atoms with E-state index in [9.17, 15) is 9.90 Å². The Morgan fingerprint density at radius 2 is 1.91 bits per heavy atom. The maximum Gasteiger partial charge on any atom is 0.224 e.